The minimum atomic E-state index is -3.88. The van der Waals surface area contributed by atoms with E-state index in [2.05, 4.69) is 9.82 Å². The van der Waals surface area contributed by atoms with E-state index in [0.717, 1.165) is 11.1 Å². The molecule has 0 bridgehead atoms. The Balaban J connectivity index is 1.74. The first-order chi connectivity index (χ1) is 14.5. The number of nitrogens with zero attached hydrogens (tertiary/aromatic N) is 2. The largest absolute Gasteiger partial charge is 0.497 e. The van der Waals surface area contributed by atoms with Gasteiger partial charge in [-0.2, -0.15) is 5.10 Å². The molecule has 0 fully saturated rings. The highest BCUT2D eigenvalue weighted by molar-refractivity contribution is 7.92. The standard InChI is InChI=1S/C23H21N3O3S/c1-29-21-14-8-13-20(15-21)25-30(27,28)22-17-26(16-18-9-4-2-5-10-18)24-23(22)19-11-6-3-7-12-19/h2-15,17,25H,16H2,1H3. The van der Waals surface area contributed by atoms with E-state index in [4.69, 9.17) is 4.74 Å². The van der Waals surface area contributed by atoms with Gasteiger partial charge in [-0.1, -0.05) is 66.7 Å². The number of rotatable bonds is 7. The summed E-state index contributed by atoms with van der Waals surface area (Å²) in [7, 11) is -2.34. The number of hydrogen-bond donors (Lipinski definition) is 1. The Morgan fingerprint density at radius 1 is 0.933 bits per heavy atom. The van der Waals surface area contributed by atoms with Gasteiger partial charge in [0.25, 0.3) is 10.0 Å². The molecule has 0 amide bonds. The predicted molar refractivity (Wildman–Crippen MR) is 117 cm³/mol. The van der Waals surface area contributed by atoms with Gasteiger partial charge in [0.15, 0.2) is 0 Å². The molecule has 0 saturated carbocycles. The van der Waals surface area contributed by atoms with Gasteiger partial charge >= 0.3 is 0 Å². The molecule has 1 N–H and O–H groups in total. The molecule has 3 aromatic carbocycles. The molecule has 4 aromatic rings. The van der Waals surface area contributed by atoms with Crippen molar-refractivity contribution in [2.24, 2.45) is 0 Å². The second-order valence-corrected chi connectivity index (χ2v) is 8.38. The zero-order valence-electron chi connectivity index (χ0n) is 16.4. The van der Waals surface area contributed by atoms with E-state index >= 15 is 0 Å². The molecule has 0 aliphatic carbocycles. The third-order valence-electron chi connectivity index (χ3n) is 4.57. The maximum absolute atomic E-state index is 13.3. The Hall–Kier alpha value is -3.58. The summed E-state index contributed by atoms with van der Waals surface area (Å²) in [4.78, 5) is 0.118. The van der Waals surface area contributed by atoms with Crippen LogP contribution in [0.1, 0.15) is 5.56 Å². The second-order valence-electron chi connectivity index (χ2n) is 6.73. The van der Waals surface area contributed by atoms with Gasteiger partial charge in [-0.25, -0.2) is 8.42 Å². The van der Waals surface area contributed by atoms with Crippen LogP contribution < -0.4 is 9.46 Å². The number of methoxy groups -OCH3 is 1. The van der Waals surface area contributed by atoms with Crippen LogP contribution >= 0.6 is 0 Å². The number of hydrogen-bond acceptors (Lipinski definition) is 4. The number of anilines is 1. The number of aromatic nitrogens is 2. The average molecular weight is 420 g/mol. The normalized spacial score (nSPS) is 11.2. The van der Waals surface area contributed by atoms with Crippen molar-refractivity contribution in [3.05, 3.63) is 96.7 Å². The summed E-state index contributed by atoms with van der Waals surface area (Å²) < 4.78 is 36.0. The summed E-state index contributed by atoms with van der Waals surface area (Å²) in [5, 5.41) is 4.59. The van der Waals surface area contributed by atoms with Gasteiger partial charge in [-0.05, 0) is 17.7 Å². The highest BCUT2D eigenvalue weighted by Gasteiger charge is 2.24. The Bertz CT molecular complexity index is 1240. The fourth-order valence-electron chi connectivity index (χ4n) is 3.14. The molecule has 0 aliphatic rings. The van der Waals surface area contributed by atoms with E-state index in [1.165, 1.54) is 7.11 Å². The maximum atomic E-state index is 13.3. The summed E-state index contributed by atoms with van der Waals surface area (Å²) in [5.41, 5.74) is 2.59. The molecule has 30 heavy (non-hydrogen) atoms. The van der Waals surface area contributed by atoms with E-state index in [-0.39, 0.29) is 4.90 Å². The minimum absolute atomic E-state index is 0.118. The molecule has 0 radical (unpaired) electrons. The average Bonchev–Trinajstić information content (AvgIpc) is 3.20. The molecular formula is C23H21N3O3S. The lowest BCUT2D eigenvalue weighted by atomic mass is 10.2. The van der Waals surface area contributed by atoms with Gasteiger partial charge in [0.1, 0.15) is 16.3 Å². The second kappa shape index (κ2) is 8.42. The zero-order chi connectivity index (χ0) is 21.0. The molecule has 0 unspecified atom stereocenters. The van der Waals surface area contributed by atoms with E-state index in [1.54, 1.807) is 35.1 Å². The van der Waals surface area contributed by atoms with Crippen molar-refractivity contribution in [3.8, 4) is 17.0 Å². The number of nitrogens with one attached hydrogen (secondary N) is 1. The molecule has 0 aliphatic heterocycles. The molecule has 1 aromatic heterocycles. The van der Waals surface area contributed by atoms with Crippen molar-refractivity contribution in [1.29, 1.82) is 0 Å². The van der Waals surface area contributed by atoms with Crippen molar-refractivity contribution in [2.75, 3.05) is 11.8 Å². The van der Waals surface area contributed by atoms with E-state index in [1.807, 2.05) is 60.7 Å². The number of ether oxygens (including phenoxy) is 1. The van der Waals surface area contributed by atoms with Crippen LogP contribution in [-0.4, -0.2) is 25.3 Å². The molecule has 6 nitrogen and oxygen atoms in total. The SMILES string of the molecule is COc1cccc(NS(=O)(=O)c2cn(Cc3ccccc3)nc2-c2ccccc2)c1. The molecule has 4 rings (SSSR count). The molecule has 0 spiro atoms. The Kier molecular flexibility index (Phi) is 5.54. The lowest BCUT2D eigenvalue weighted by molar-refractivity contribution is 0.415. The Morgan fingerprint density at radius 3 is 2.33 bits per heavy atom. The van der Waals surface area contributed by atoms with E-state index < -0.39 is 10.0 Å². The quantitative estimate of drug-likeness (QED) is 0.482. The van der Waals surface area contributed by atoms with Crippen molar-refractivity contribution >= 4 is 15.7 Å². The maximum Gasteiger partial charge on any atom is 0.265 e. The Labute approximate surface area is 175 Å². The van der Waals surface area contributed by atoms with Crippen LogP contribution in [0.5, 0.6) is 5.75 Å². The highest BCUT2D eigenvalue weighted by Crippen LogP contribution is 2.28. The van der Waals surface area contributed by atoms with Gasteiger partial charge in [-0.15, -0.1) is 0 Å². The summed E-state index contributed by atoms with van der Waals surface area (Å²) in [6, 6.07) is 25.9. The third-order valence-corrected chi connectivity index (χ3v) is 5.96. The molecule has 7 heteroatoms. The van der Waals surface area contributed by atoms with Crippen LogP contribution in [0.15, 0.2) is 96.0 Å². The lowest BCUT2D eigenvalue weighted by Gasteiger charge is -2.09. The van der Waals surface area contributed by atoms with E-state index in [0.29, 0.717) is 23.7 Å². The first kappa shape index (κ1) is 19.7. The fraction of sp³-hybridized carbons (Fsp3) is 0.0870. The van der Waals surface area contributed by atoms with Gasteiger partial charge in [0.05, 0.1) is 19.3 Å². The van der Waals surface area contributed by atoms with Crippen molar-refractivity contribution in [3.63, 3.8) is 0 Å². The fourth-order valence-corrected chi connectivity index (χ4v) is 4.36. The van der Waals surface area contributed by atoms with Crippen LogP contribution in [0.4, 0.5) is 5.69 Å². The lowest BCUT2D eigenvalue weighted by Crippen LogP contribution is -2.13. The molecular weight excluding hydrogens is 398 g/mol. The summed E-state index contributed by atoms with van der Waals surface area (Å²) >= 11 is 0. The first-order valence-corrected chi connectivity index (χ1v) is 10.9. The number of benzene rings is 3. The van der Waals surface area contributed by atoms with Gasteiger partial charge in [0.2, 0.25) is 0 Å². The summed E-state index contributed by atoms with van der Waals surface area (Å²) in [5.74, 6) is 0.568. The third kappa shape index (κ3) is 4.36. The van der Waals surface area contributed by atoms with Gasteiger partial charge < -0.3 is 4.74 Å². The predicted octanol–water partition coefficient (Wildman–Crippen LogP) is 4.41. The van der Waals surface area contributed by atoms with Crippen LogP contribution in [0.3, 0.4) is 0 Å². The van der Waals surface area contributed by atoms with Crippen LogP contribution in [0.25, 0.3) is 11.3 Å². The molecule has 1 heterocycles. The van der Waals surface area contributed by atoms with Crippen LogP contribution in [0, 0.1) is 0 Å². The zero-order valence-corrected chi connectivity index (χ0v) is 17.2. The highest BCUT2D eigenvalue weighted by atomic mass is 32.2. The van der Waals surface area contributed by atoms with Gasteiger partial charge in [-0.3, -0.25) is 9.40 Å². The monoisotopic (exact) mass is 419 g/mol. The number of sulfonamides is 1. The molecule has 152 valence electrons. The summed E-state index contributed by atoms with van der Waals surface area (Å²) in [6.07, 6.45) is 1.57. The van der Waals surface area contributed by atoms with Crippen molar-refractivity contribution in [2.45, 2.75) is 11.4 Å². The smallest absolute Gasteiger partial charge is 0.265 e. The van der Waals surface area contributed by atoms with Crippen LogP contribution in [0.2, 0.25) is 0 Å². The summed E-state index contributed by atoms with van der Waals surface area (Å²) in [6.45, 7) is 0.468. The van der Waals surface area contributed by atoms with Crippen molar-refractivity contribution < 1.29 is 13.2 Å². The van der Waals surface area contributed by atoms with Crippen molar-refractivity contribution in [1.82, 2.24) is 9.78 Å². The molecule has 0 saturated heterocycles. The minimum Gasteiger partial charge on any atom is -0.497 e. The van der Waals surface area contributed by atoms with Crippen LogP contribution in [-0.2, 0) is 16.6 Å². The van der Waals surface area contributed by atoms with Gasteiger partial charge in [0, 0.05) is 17.8 Å². The Morgan fingerprint density at radius 2 is 1.63 bits per heavy atom. The molecule has 0 atom stereocenters. The van der Waals surface area contributed by atoms with E-state index in [9.17, 15) is 8.42 Å². The topological polar surface area (TPSA) is 73.2 Å². The first-order valence-electron chi connectivity index (χ1n) is 9.39.